The highest BCUT2D eigenvalue weighted by Crippen LogP contribution is 2.28. The van der Waals surface area contributed by atoms with Gasteiger partial charge in [-0.25, -0.2) is 0 Å². The van der Waals surface area contributed by atoms with Gasteiger partial charge in [0.1, 0.15) is 5.84 Å². The lowest BCUT2D eigenvalue weighted by Crippen LogP contribution is -2.22. The summed E-state index contributed by atoms with van der Waals surface area (Å²) < 4.78 is 0. The van der Waals surface area contributed by atoms with Crippen LogP contribution in [0.5, 0.6) is 0 Å². The summed E-state index contributed by atoms with van der Waals surface area (Å²) in [5.74, 6) is 0.642. The van der Waals surface area contributed by atoms with E-state index in [0.717, 1.165) is 18.4 Å². The second-order valence-electron chi connectivity index (χ2n) is 5.17. The predicted octanol–water partition coefficient (Wildman–Crippen LogP) is 2.19. The van der Waals surface area contributed by atoms with Gasteiger partial charge in [-0.2, -0.15) is 0 Å². The van der Waals surface area contributed by atoms with E-state index in [4.69, 9.17) is 11.5 Å². The molecule has 3 nitrogen and oxygen atoms in total. The summed E-state index contributed by atoms with van der Waals surface area (Å²) in [6.45, 7) is 0.682. The second-order valence-corrected chi connectivity index (χ2v) is 5.17. The van der Waals surface area contributed by atoms with Crippen LogP contribution in [0.15, 0.2) is 53.5 Å². The average Bonchev–Trinajstić information content (AvgIpc) is 2.48. The highest BCUT2D eigenvalue weighted by molar-refractivity contribution is 5.99. The van der Waals surface area contributed by atoms with Crippen molar-refractivity contribution in [3.05, 3.63) is 70.8 Å². The van der Waals surface area contributed by atoms with Crippen LogP contribution >= 0.6 is 0 Å². The Kier molecular flexibility index (Phi) is 3.52. The number of fused-ring (bicyclic) bond motifs is 1. The maximum Gasteiger partial charge on any atom is 0.126 e. The van der Waals surface area contributed by atoms with Gasteiger partial charge >= 0.3 is 0 Å². The predicted molar refractivity (Wildman–Crippen MR) is 82.8 cm³/mol. The number of nitrogens with zero attached hydrogens (tertiary/aromatic N) is 1. The lowest BCUT2D eigenvalue weighted by atomic mass is 9.92. The maximum absolute atomic E-state index is 6.09. The summed E-state index contributed by atoms with van der Waals surface area (Å²) >= 11 is 0. The molecule has 1 aliphatic rings. The monoisotopic (exact) mass is 265 g/mol. The lowest BCUT2D eigenvalue weighted by molar-refractivity contribution is 0.709. The van der Waals surface area contributed by atoms with Crippen LogP contribution in [0.25, 0.3) is 0 Å². The van der Waals surface area contributed by atoms with Crippen LogP contribution in [0.3, 0.4) is 0 Å². The van der Waals surface area contributed by atoms with Gasteiger partial charge in [0.05, 0.1) is 6.04 Å². The Bertz CT molecular complexity index is 629. The fourth-order valence-corrected chi connectivity index (χ4v) is 2.71. The van der Waals surface area contributed by atoms with Gasteiger partial charge in [-0.1, -0.05) is 48.5 Å². The third kappa shape index (κ3) is 2.45. The lowest BCUT2D eigenvalue weighted by Gasteiger charge is -2.22. The summed E-state index contributed by atoms with van der Waals surface area (Å²) in [4.78, 5) is 4.64. The zero-order chi connectivity index (χ0) is 13.9. The third-order valence-electron chi connectivity index (χ3n) is 3.80. The van der Waals surface area contributed by atoms with E-state index in [1.807, 2.05) is 12.1 Å². The average molecular weight is 265 g/mol. The Labute approximate surface area is 119 Å². The molecule has 1 unspecified atom stereocenters. The summed E-state index contributed by atoms with van der Waals surface area (Å²) in [7, 11) is 0. The molecule has 0 amide bonds. The molecule has 0 saturated carbocycles. The van der Waals surface area contributed by atoms with Crippen molar-refractivity contribution >= 4 is 5.84 Å². The molecule has 0 saturated heterocycles. The van der Waals surface area contributed by atoms with Gasteiger partial charge in [0.2, 0.25) is 0 Å². The largest absolute Gasteiger partial charge is 0.383 e. The molecule has 0 fully saturated rings. The molecule has 1 aliphatic heterocycles. The van der Waals surface area contributed by atoms with Gasteiger partial charge in [0.15, 0.2) is 0 Å². The molecule has 1 heterocycles. The standard InChI is InChI=1S/C17H19N3/c18-10-9-12-5-7-13(8-6-12)16-11-14-3-1-2-4-15(14)17(19)20-16/h1-8,16H,9-11,18H2,(H2,19,20). The van der Waals surface area contributed by atoms with Crippen LogP contribution in [0.2, 0.25) is 0 Å². The molecule has 0 aromatic heterocycles. The number of amidine groups is 1. The van der Waals surface area contributed by atoms with E-state index >= 15 is 0 Å². The number of nitrogens with two attached hydrogens (primary N) is 2. The quantitative estimate of drug-likeness (QED) is 0.893. The first-order chi connectivity index (χ1) is 9.78. The van der Waals surface area contributed by atoms with E-state index < -0.39 is 0 Å². The van der Waals surface area contributed by atoms with Gasteiger partial charge in [-0.3, -0.25) is 4.99 Å². The van der Waals surface area contributed by atoms with Crippen LogP contribution in [0.4, 0.5) is 0 Å². The molecule has 0 aliphatic carbocycles. The Morgan fingerprint density at radius 1 is 1.05 bits per heavy atom. The highest BCUT2D eigenvalue weighted by atomic mass is 14.9. The number of benzene rings is 2. The van der Waals surface area contributed by atoms with Crippen molar-refractivity contribution in [2.45, 2.75) is 18.9 Å². The molecule has 102 valence electrons. The van der Waals surface area contributed by atoms with Crippen LogP contribution in [-0.4, -0.2) is 12.4 Å². The zero-order valence-electron chi connectivity index (χ0n) is 11.4. The van der Waals surface area contributed by atoms with Gasteiger partial charge in [-0.05, 0) is 36.1 Å². The van der Waals surface area contributed by atoms with Crippen molar-refractivity contribution in [1.29, 1.82) is 0 Å². The Hall–Kier alpha value is -2.13. The van der Waals surface area contributed by atoms with Gasteiger partial charge in [0, 0.05) is 5.56 Å². The molecule has 0 spiro atoms. The fraction of sp³-hybridized carbons (Fsp3) is 0.235. The smallest absolute Gasteiger partial charge is 0.126 e. The highest BCUT2D eigenvalue weighted by Gasteiger charge is 2.20. The molecule has 0 radical (unpaired) electrons. The minimum absolute atomic E-state index is 0.122. The number of aliphatic imine (C=N–C) groups is 1. The third-order valence-corrected chi connectivity index (χ3v) is 3.80. The molecule has 0 bridgehead atoms. The molecule has 4 N–H and O–H groups in total. The molecule has 3 heteroatoms. The van der Waals surface area contributed by atoms with Crippen molar-refractivity contribution in [1.82, 2.24) is 0 Å². The van der Waals surface area contributed by atoms with E-state index in [2.05, 4.69) is 41.4 Å². The Morgan fingerprint density at radius 3 is 2.55 bits per heavy atom. The van der Waals surface area contributed by atoms with Crippen molar-refractivity contribution in [2.75, 3.05) is 6.54 Å². The van der Waals surface area contributed by atoms with Crippen LogP contribution in [0.1, 0.15) is 28.3 Å². The summed E-state index contributed by atoms with van der Waals surface area (Å²) in [6.07, 6.45) is 1.83. The van der Waals surface area contributed by atoms with E-state index in [0.29, 0.717) is 12.4 Å². The first kappa shape index (κ1) is 12.9. The summed E-state index contributed by atoms with van der Waals surface area (Å²) in [6, 6.07) is 16.9. The van der Waals surface area contributed by atoms with Crippen molar-refractivity contribution in [2.24, 2.45) is 16.5 Å². The van der Waals surface area contributed by atoms with E-state index in [-0.39, 0.29) is 6.04 Å². The van der Waals surface area contributed by atoms with Crippen molar-refractivity contribution in [3.8, 4) is 0 Å². The van der Waals surface area contributed by atoms with Crippen molar-refractivity contribution in [3.63, 3.8) is 0 Å². The maximum atomic E-state index is 6.09. The molecular weight excluding hydrogens is 246 g/mol. The minimum atomic E-state index is 0.122. The molecule has 2 aromatic carbocycles. The molecule has 20 heavy (non-hydrogen) atoms. The van der Waals surface area contributed by atoms with Gasteiger partial charge in [0.25, 0.3) is 0 Å². The molecular formula is C17H19N3. The van der Waals surface area contributed by atoms with E-state index in [1.54, 1.807) is 0 Å². The first-order valence-electron chi connectivity index (χ1n) is 6.98. The van der Waals surface area contributed by atoms with E-state index in [1.165, 1.54) is 16.7 Å². The summed E-state index contributed by atoms with van der Waals surface area (Å²) in [5.41, 5.74) is 16.5. The van der Waals surface area contributed by atoms with Gasteiger partial charge in [-0.15, -0.1) is 0 Å². The fourth-order valence-electron chi connectivity index (χ4n) is 2.71. The first-order valence-corrected chi connectivity index (χ1v) is 6.98. The number of hydrogen-bond acceptors (Lipinski definition) is 3. The Balaban J connectivity index is 1.88. The van der Waals surface area contributed by atoms with Crippen molar-refractivity contribution < 1.29 is 0 Å². The minimum Gasteiger partial charge on any atom is -0.383 e. The molecule has 1 atom stereocenters. The van der Waals surface area contributed by atoms with Crippen LogP contribution in [0, 0.1) is 0 Å². The zero-order valence-corrected chi connectivity index (χ0v) is 11.4. The summed E-state index contributed by atoms with van der Waals surface area (Å²) in [5, 5.41) is 0. The Morgan fingerprint density at radius 2 is 1.80 bits per heavy atom. The number of rotatable bonds is 3. The van der Waals surface area contributed by atoms with Crippen LogP contribution in [-0.2, 0) is 12.8 Å². The van der Waals surface area contributed by atoms with E-state index in [9.17, 15) is 0 Å². The second kappa shape index (κ2) is 5.47. The molecule has 3 rings (SSSR count). The topological polar surface area (TPSA) is 64.4 Å². The normalized spacial score (nSPS) is 17.4. The number of hydrogen-bond donors (Lipinski definition) is 2. The SMILES string of the molecule is NCCc1ccc(C2Cc3ccccc3C(N)=N2)cc1. The van der Waals surface area contributed by atoms with Crippen LogP contribution < -0.4 is 11.5 Å². The molecule has 2 aromatic rings. The van der Waals surface area contributed by atoms with Gasteiger partial charge < -0.3 is 11.5 Å².